The van der Waals surface area contributed by atoms with Gasteiger partial charge in [0.05, 0.1) is 25.5 Å². The number of nitrogens with one attached hydrogen (secondary N) is 1. The standard InChI is InChI=1S/C18H22F2N6O2S/c1-3-24-6-7-25(5-4-16(24)27)17-14(19)8-13(9-15(17)20)26-11-12(22-23-26)10-21-18(29)28-2/h8-9,11H,3-7,10H2,1-2H3,(H,21,29). The number of thiocarbonyl (C=S) groups is 1. The molecule has 2 aromatic rings. The van der Waals surface area contributed by atoms with Crippen LogP contribution in [-0.2, 0) is 16.1 Å². The Hall–Kier alpha value is -2.82. The number of hydrogen-bond acceptors (Lipinski definition) is 6. The number of carbonyl (C=O) groups is 1. The summed E-state index contributed by atoms with van der Waals surface area (Å²) in [5, 5.41) is 10.9. The van der Waals surface area contributed by atoms with Crippen LogP contribution < -0.4 is 10.2 Å². The molecule has 156 valence electrons. The molecule has 0 radical (unpaired) electrons. The fourth-order valence-electron chi connectivity index (χ4n) is 3.15. The van der Waals surface area contributed by atoms with Crippen LogP contribution >= 0.6 is 12.2 Å². The second-order valence-electron chi connectivity index (χ2n) is 6.47. The highest BCUT2D eigenvalue weighted by Crippen LogP contribution is 2.27. The number of benzene rings is 1. The molecule has 11 heteroatoms. The van der Waals surface area contributed by atoms with Gasteiger partial charge in [-0.15, -0.1) is 5.10 Å². The average molecular weight is 424 g/mol. The third kappa shape index (κ3) is 4.78. The third-order valence-electron chi connectivity index (χ3n) is 4.69. The van der Waals surface area contributed by atoms with Crippen LogP contribution in [0.4, 0.5) is 14.5 Å². The number of methoxy groups -OCH3 is 1. The SMILES string of the molecule is CCN1CCN(c2c(F)cc(-n3cc(CNC(=S)OC)nn3)cc2F)CCC1=O. The number of likely N-dealkylation sites (N-methyl/N-ethyl adjacent to an activating group) is 1. The highest BCUT2D eigenvalue weighted by Gasteiger charge is 2.24. The Kier molecular flexibility index (Phi) is 6.57. The second kappa shape index (κ2) is 9.12. The minimum Gasteiger partial charge on any atom is -0.474 e. The molecule has 0 spiro atoms. The van der Waals surface area contributed by atoms with E-state index in [1.54, 1.807) is 16.0 Å². The fraction of sp³-hybridized carbons (Fsp3) is 0.444. The van der Waals surface area contributed by atoms with E-state index in [1.165, 1.54) is 23.9 Å². The molecule has 29 heavy (non-hydrogen) atoms. The lowest BCUT2D eigenvalue weighted by molar-refractivity contribution is -0.130. The van der Waals surface area contributed by atoms with Crippen LogP contribution in [0.5, 0.6) is 0 Å². The lowest BCUT2D eigenvalue weighted by atomic mass is 10.2. The number of hydrogen-bond donors (Lipinski definition) is 1. The first-order valence-electron chi connectivity index (χ1n) is 9.18. The van der Waals surface area contributed by atoms with Crippen molar-refractivity contribution in [3.8, 4) is 5.69 Å². The van der Waals surface area contributed by atoms with Gasteiger partial charge < -0.3 is 19.9 Å². The average Bonchev–Trinajstić information content (AvgIpc) is 3.10. The largest absolute Gasteiger partial charge is 0.474 e. The molecule has 3 rings (SSSR count). The molecule has 0 saturated carbocycles. The fourth-order valence-corrected chi connectivity index (χ4v) is 3.22. The van der Waals surface area contributed by atoms with E-state index < -0.39 is 11.6 Å². The first-order chi connectivity index (χ1) is 13.9. The van der Waals surface area contributed by atoms with Crippen molar-refractivity contribution in [1.29, 1.82) is 0 Å². The van der Waals surface area contributed by atoms with Crippen molar-refractivity contribution in [3.63, 3.8) is 0 Å². The number of aromatic nitrogens is 3. The van der Waals surface area contributed by atoms with Gasteiger partial charge in [-0.1, -0.05) is 5.21 Å². The normalized spacial score (nSPS) is 14.7. The monoisotopic (exact) mass is 424 g/mol. The van der Waals surface area contributed by atoms with Crippen LogP contribution in [0.15, 0.2) is 18.3 Å². The van der Waals surface area contributed by atoms with E-state index in [0.717, 1.165) is 0 Å². The number of halogens is 2. The van der Waals surface area contributed by atoms with E-state index in [2.05, 4.69) is 15.6 Å². The van der Waals surface area contributed by atoms with Gasteiger partial charge in [0, 0.05) is 44.7 Å². The predicted octanol–water partition coefficient (Wildman–Crippen LogP) is 1.62. The maximum absolute atomic E-state index is 14.8. The Morgan fingerprint density at radius 3 is 2.66 bits per heavy atom. The number of carbonyl (C=O) groups excluding carboxylic acids is 1. The van der Waals surface area contributed by atoms with Crippen molar-refractivity contribution < 1.29 is 18.3 Å². The molecule has 0 unspecified atom stereocenters. The van der Waals surface area contributed by atoms with Crippen LogP contribution in [0.25, 0.3) is 5.69 Å². The first kappa shape index (κ1) is 20.9. The van der Waals surface area contributed by atoms with Crippen molar-refractivity contribution in [2.45, 2.75) is 19.9 Å². The van der Waals surface area contributed by atoms with Gasteiger partial charge in [-0.05, 0) is 19.1 Å². The zero-order chi connectivity index (χ0) is 21.0. The minimum atomic E-state index is -0.715. The van der Waals surface area contributed by atoms with Crippen LogP contribution in [0.2, 0.25) is 0 Å². The van der Waals surface area contributed by atoms with E-state index in [4.69, 9.17) is 17.0 Å². The minimum absolute atomic E-state index is 0.0101. The predicted molar refractivity (Wildman–Crippen MR) is 107 cm³/mol. The lowest BCUT2D eigenvalue weighted by Crippen LogP contribution is -2.33. The number of ether oxygens (including phenoxy) is 1. The van der Waals surface area contributed by atoms with E-state index in [0.29, 0.717) is 25.3 Å². The van der Waals surface area contributed by atoms with Gasteiger partial charge in [-0.3, -0.25) is 4.79 Å². The molecule has 1 amide bonds. The zero-order valence-electron chi connectivity index (χ0n) is 16.2. The Bertz CT molecular complexity index is 883. The smallest absolute Gasteiger partial charge is 0.256 e. The molecule has 1 aromatic heterocycles. The van der Waals surface area contributed by atoms with Gasteiger partial charge in [-0.25, -0.2) is 13.5 Å². The number of nitrogens with zero attached hydrogens (tertiary/aromatic N) is 5. The topological polar surface area (TPSA) is 75.5 Å². The summed E-state index contributed by atoms with van der Waals surface area (Å²) < 4.78 is 35.7. The summed E-state index contributed by atoms with van der Waals surface area (Å²) in [5.74, 6) is -1.44. The number of amides is 1. The van der Waals surface area contributed by atoms with E-state index in [9.17, 15) is 13.6 Å². The zero-order valence-corrected chi connectivity index (χ0v) is 17.0. The molecule has 2 heterocycles. The Morgan fingerprint density at radius 1 is 1.28 bits per heavy atom. The van der Waals surface area contributed by atoms with E-state index >= 15 is 0 Å². The molecular weight excluding hydrogens is 402 g/mol. The molecule has 1 saturated heterocycles. The third-order valence-corrected chi connectivity index (χ3v) is 5.00. The van der Waals surface area contributed by atoms with Crippen LogP contribution in [-0.4, -0.2) is 64.3 Å². The van der Waals surface area contributed by atoms with Gasteiger partial charge >= 0.3 is 0 Å². The summed E-state index contributed by atoms with van der Waals surface area (Å²) >= 11 is 4.88. The van der Waals surface area contributed by atoms with Gasteiger partial charge in [0.25, 0.3) is 5.17 Å². The second-order valence-corrected chi connectivity index (χ2v) is 6.84. The highest BCUT2D eigenvalue weighted by molar-refractivity contribution is 7.80. The summed E-state index contributed by atoms with van der Waals surface area (Å²) in [4.78, 5) is 15.3. The summed E-state index contributed by atoms with van der Waals surface area (Å²) in [7, 11) is 1.44. The quantitative estimate of drug-likeness (QED) is 0.731. The molecule has 1 aromatic carbocycles. The Morgan fingerprint density at radius 2 is 2.00 bits per heavy atom. The molecule has 8 nitrogen and oxygen atoms in total. The Balaban J connectivity index is 1.78. The maximum Gasteiger partial charge on any atom is 0.256 e. The van der Waals surface area contributed by atoms with Gasteiger partial charge in [0.15, 0.2) is 11.6 Å². The molecule has 1 aliphatic heterocycles. The molecule has 0 aliphatic carbocycles. The summed E-state index contributed by atoms with van der Waals surface area (Å²) in [6.07, 6.45) is 1.76. The molecular formula is C18H22F2N6O2S. The lowest BCUT2D eigenvalue weighted by Gasteiger charge is -2.24. The molecule has 1 N–H and O–H groups in total. The maximum atomic E-state index is 14.8. The van der Waals surface area contributed by atoms with Crippen molar-refractivity contribution >= 4 is 29.0 Å². The van der Waals surface area contributed by atoms with Crippen LogP contribution in [0.1, 0.15) is 19.0 Å². The number of rotatable bonds is 5. The highest BCUT2D eigenvalue weighted by atomic mass is 32.1. The molecule has 1 aliphatic rings. The summed E-state index contributed by atoms with van der Waals surface area (Å²) in [6.45, 7) is 3.79. The molecule has 0 atom stereocenters. The van der Waals surface area contributed by atoms with Gasteiger partial charge in [0.1, 0.15) is 11.4 Å². The number of anilines is 1. The van der Waals surface area contributed by atoms with Gasteiger partial charge in [-0.2, -0.15) is 0 Å². The van der Waals surface area contributed by atoms with Crippen molar-refractivity contribution in [2.24, 2.45) is 0 Å². The Labute approximate surface area is 172 Å². The van der Waals surface area contributed by atoms with Crippen molar-refractivity contribution in [2.75, 3.05) is 38.2 Å². The van der Waals surface area contributed by atoms with E-state index in [-0.39, 0.29) is 42.0 Å². The summed E-state index contributed by atoms with van der Waals surface area (Å²) in [6, 6.07) is 2.41. The summed E-state index contributed by atoms with van der Waals surface area (Å²) in [5.41, 5.74) is 0.602. The van der Waals surface area contributed by atoms with Crippen molar-refractivity contribution in [1.82, 2.24) is 25.2 Å². The van der Waals surface area contributed by atoms with E-state index in [1.807, 2.05) is 6.92 Å². The van der Waals surface area contributed by atoms with Gasteiger partial charge in [0.2, 0.25) is 5.91 Å². The van der Waals surface area contributed by atoms with Crippen LogP contribution in [0.3, 0.4) is 0 Å². The first-order valence-corrected chi connectivity index (χ1v) is 9.59. The van der Waals surface area contributed by atoms with Crippen LogP contribution in [0, 0.1) is 11.6 Å². The molecule has 0 bridgehead atoms. The molecule has 1 fully saturated rings. The van der Waals surface area contributed by atoms with Crippen molar-refractivity contribution in [3.05, 3.63) is 35.7 Å².